The average molecular weight is 261 g/mol. The predicted molar refractivity (Wildman–Crippen MR) is 82.9 cm³/mol. The molecule has 2 nitrogen and oxygen atoms in total. The van der Waals surface area contributed by atoms with Gasteiger partial charge in [-0.25, -0.2) is 0 Å². The fourth-order valence-electron chi connectivity index (χ4n) is 3.50. The highest BCUT2D eigenvalue weighted by Crippen LogP contribution is 2.38. The molecule has 0 fully saturated rings. The summed E-state index contributed by atoms with van der Waals surface area (Å²) >= 11 is 0. The van der Waals surface area contributed by atoms with Gasteiger partial charge in [-0.1, -0.05) is 53.7 Å². The molecule has 3 aromatic rings. The number of hydrogen-bond donors (Lipinski definition) is 0. The second kappa shape index (κ2) is 4.41. The highest BCUT2D eigenvalue weighted by molar-refractivity contribution is 6.08. The molecule has 0 amide bonds. The molecule has 0 radical (unpaired) electrons. The van der Waals surface area contributed by atoms with Crippen molar-refractivity contribution in [3.05, 3.63) is 64.6 Å². The van der Waals surface area contributed by atoms with Crippen molar-refractivity contribution in [1.29, 1.82) is 0 Å². The molecule has 0 saturated carbocycles. The molecule has 98 valence electrons. The second-order valence-electron chi connectivity index (χ2n) is 5.53. The molecule has 4 rings (SSSR count). The lowest BCUT2D eigenvalue weighted by atomic mass is 9.84. The quantitative estimate of drug-likeness (QED) is 0.440. The first-order valence-corrected chi connectivity index (χ1v) is 7.14. The molecule has 0 bridgehead atoms. The molecule has 2 heteroatoms. The van der Waals surface area contributed by atoms with Gasteiger partial charge >= 0.3 is 0 Å². The monoisotopic (exact) mass is 261 g/mol. The first-order valence-electron chi connectivity index (χ1n) is 7.14. The Hall–Kier alpha value is -2.22. The van der Waals surface area contributed by atoms with E-state index < -0.39 is 0 Å². The number of nitroso groups, excluding NO2 is 1. The number of rotatable bonds is 1. The summed E-state index contributed by atoms with van der Waals surface area (Å²) in [6, 6.07) is 16.9. The minimum Gasteiger partial charge on any atom is -0.150 e. The maximum Gasteiger partial charge on any atom is 0.117 e. The first kappa shape index (κ1) is 11.6. The molecule has 0 spiro atoms. The third kappa shape index (κ3) is 1.58. The van der Waals surface area contributed by atoms with Gasteiger partial charge in [-0.05, 0) is 51.9 Å². The van der Waals surface area contributed by atoms with E-state index in [4.69, 9.17) is 0 Å². The van der Waals surface area contributed by atoms with Crippen LogP contribution < -0.4 is 0 Å². The molecule has 0 aliphatic heterocycles. The van der Waals surface area contributed by atoms with Crippen LogP contribution in [0.3, 0.4) is 0 Å². The van der Waals surface area contributed by atoms with Gasteiger partial charge in [0, 0.05) is 0 Å². The van der Waals surface area contributed by atoms with E-state index >= 15 is 0 Å². The summed E-state index contributed by atoms with van der Waals surface area (Å²) in [5.41, 5.74) is 2.46. The number of benzene rings is 3. The lowest BCUT2D eigenvalue weighted by molar-refractivity contribution is 0.572. The summed E-state index contributed by atoms with van der Waals surface area (Å²) in [6.45, 7) is 0. The van der Waals surface area contributed by atoms with Crippen LogP contribution in [0.25, 0.3) is 21.5 Å². The summed E-state index contributed by atoms with van der Waals surface area (Å²) in [4.78, 5) is 11.0. The Balaban J connectivity index is 2.09. The van der Waals surface area contributed by atoms with Crippen LogP contribution in [0.15, 0.2) is 53.7 Å². The Morgan fingerprint density at radius 1 is 0.900 bits per heavy atom. The molecule has 1 aliphatic carbocycles. The van der Waals surface area contributed by atoms with E-state index in [1.54, 1.807) is 0 Å². The van der Waals surface area contributed by atoms with Gasteiger partial charge in [0.1, 0.15) is 6.04 Å². The van der Waals surface area contributed by atoms with Crippen molar-refractivity contribution < 1.29 is 0 Å². The molecule has 1 aliphatic rings. The van der Waals surface area contributed by atoms with Crippen molar-refractivity contribution in [2.24, 2.45) is 5.18 Å². The van der Waals surface area contributed by atoms with Crippen LogP contribution in [0.4, 0.5) is 0 Å². The van der Waals surface area contributed by atoms with Crippen LogP contribution in [0.2, 0.25) is 0 Å². The van der Waals surface area contributed by atoms with Crippen LogP contribution in [-0.4, -0.2) is 0 Å². The van der Waals surface area contributed by atoms with Crippen molar-refractivity contribution in [2.75, 3.05) is 0 Å². The van der Waals surface area contributed by atoms with Crippen LogP contribution in [0.5, 0.6) is 0 Å². The molecule has 0 aromatic heterocycles. The van der Waals surface area contributed by atoms with E-state index in [1.807, 2.05) is 0 Å². The van der Waals surface area contributed by atoms with Gasteiger partial charge in [0.25, 0.3) is 0 Å². The number of fused-ring (bicyclic) bond motifs is 5. The molecular weight excluding hydrogens is 246 g/mol. The fourth-order valence-corrected chi connectivity index (χ4v) is 3.50. The first-order chi connectivity index (χ1) is 9.88. The van der Waals surface area contributed by atoms with E-state index in [9.17, 15) is 4.91 Å². The number of aryl methyl sites for hydroxylation is 1. The Bertz CT molecular complexity index is 822. The summed E-state index contributed by atoms with van der Waals surface area (Å²) in [5.74, 6) is 0. The molecule has 0 saturated heterocycles. The summed E-state index contributed by atoms with van der Waals surface area (Å²) in [5, 5.41) is 8.43. The van der Waals surface area contributed by atoms with Crippen LogP contribution in [-0.2, 0) is 6.42 Å². The van der Waals surface area contributed by atoms with Gasteiger partial charge < -0.3 is 0 Å². The van der Waals surface area contributed by atoms with Gasteiger partial charge in [-0.2, -0.15) is 4.91 Å². The van der Waals surface area contributed by atoms with E-state index in [0.717, 1.165) is 24.8 Å². The van der Waals surface area contributed by atoms with Crippen molar-refractivity contribution >= 4 is 21.5 Å². The van der Waals surface area contributed by atoms with Crippen molar-refractivity contribution in [2.45, 2.75) is 25.3 Å². The van der Waals surface area contributed by atoms with Crippen molar-refractivity contribution in [1.82, 2.24) is 0 Å². The molecule has 0 N–H and O–H groups in total. The molecule has 1 unspecified atom stereocenters. The highest BCUT2D eigenvalue weighted by Gasteiger charge is 2.22. The Kier molecular flexibility index (Phi) is 2.56. The number of hydrogen-bond acceptors (Lipinski definition) is 2. The van der Waals surface area contributed by atoms with E-state index in [-0.39, 0.29) is 6.04 Å². The molecular formula is C18H15NO. The Labute approximate surface area is 117 Å². The zero-order valence-corrected chi connectivity index (χ0v) is 11.2. The van der Waals surface area contributed by atoms with Gasteiger partial charge in [-0.3, -0.25) is 0 Å². The normalized spacial score (nSPS) is 18.1. The van der Waals surface area contributed by atoms with E-state index in [1.165, 1.54) is 27.1 Å². The molecule has 3 aromatic carbocycles. The largest absolute Gasteiger partial charge is 0.150 e. The lowest BCUT2D eigenvalue weighted by Gasteiger charge is -2.22. The lowest BCUT2D eigenvalue weighted by Crippen LogP contribution is -2.08. The Morgan fingerprint density at radius 2 is 1.75 bits per heavy atom. The maximum absolute atomic E-state index is 11.0. The minimum atomic E-state index is -0.158. The van der Waals surface area contributed by atoms with E-state index in [0.29, 0.717) is 0 Å². The zero-order valence-electron chi connectivity index (χ0n) is 11.2. The number of nitrogens with zero attached hydrogens (tertiary/aromatic N) is 1. The third-order valence-corrected chi connectivity index (χ3v) is 4.46. The molecule has 20 heavy (non-hydrogen) atoms. The molecule has 0 heterocycles. The maximum atomic E-state index is 11.0. The van der Waals surface area contributed by atoms with Crippen molar-refractivity contribution in [3.8, 4) is 0 Å². The van der Waals surface area contributed by atoms with Crippen LogP contribution in [0, 0.1) is 4.91 Å². The fraction of sp³-hybridized carbons (Fsp3) is 0.222. The standard InChI is InChI=1S/C18H15NO/c20-19-18-7-3-6-14-16-9-8-12-4-1-2-5-13(12)15(16)10-11-17(14)18/h1-2,4-5,8-11,18H,3,6-7H2. The summed E-state index contributed by atoms with van der Waals surface area (Å²) < 4.78 is 0. The minimum absolute atomic E-state index is 0.158. The predicted octanol–water partition coefficient (Wildman–Crippen LogP) is 5.14. The van der Waals surface area contributed by atoms with Gasteiger partial charge in [0.05, 0.1) is 0 Å². The third-order valence-electron chi connectivity index (χ3n) is 4.46. The molecule has 1 atom stereocenters. The van der Waals surface area contributed by atoms with Gasteiger partial charge in [-0.15, -0.1) is 0 Å². The van der Waals surface area contributed by atoms with Crippen molar-refractivity contribution in [3.63, 3.8) is 0 Å². The van der Waals surface area contributed by atoms with Gasteiger partial charge in [0.2, 0.25) is 0 Å². The second-order valence-corrected chi connectivity index (χ2v) is 5.53. The topological polar surface area (TPSA) is 29.4 Å². The van der Waals surface area contributed by atoms with Crippen LogP contribution >= 0.6 is 0 Å². The van der Waals surface area contributed by atoms with E-state index in [2.05, 4.69) is 53.7 Å². The average Bonchev–Trinajstić information content (AvgIpc) is 2.53. The highest BCUT2D eigenvalue weighted by atomic mass is 16.3. The smallest absolute Gasteiger partial charge is 0.117 e. The Morgan fingerprint density at radius 3 is 2.65 bits per heavy atom. The SMILES string of the molecule is O=NC1CCCc2c1ccc1c2ccc2ccccc21. The summed E-state index contributed by atoms with van der Waals surface area (Å²) in [6.07, 6.45) is 2.99. The van der Waals surface area contributed by atoms with Crippen LogP contribution in [0.1, 0.15) is 30.0 Å². The summed E-state index contributed by atoms with van der Waals surface area (Å²) in [7, 11) is 0. The van der Waals surface area contributed by atoms with Gasteiger partial charge in [0.15, 0.2) is 0 Å². The zero-order chi connectivity index (χ0) is 13.5.